The Kier molecular flexibility index (Phi) is 5.14. The third-order valence-corrected chi connectivity index (χ3v) is 4.04. The summed E-state index contributed by atoms with van der Waals surface area (Å²) in [7, 11) is 1.95. The van der Waals surface area contributed by atoms with E-state index in [0.717, 1.165) is 49.3 Å². The van der Waals surface area contributed by atoms with Crippen LogP contribution in [0.1, 0.15) is 37.9 Å². The molecule has 0 spiro atoms. The molecule has 1 aromatic heterocycles. The van der Waals surface area contributed by atoms with E-state index in [0.29, 0.717) is 12.0 Å². The summed E-state index contributed by atoms with van der Waals surface area (Å²) in [6.07, 6.45) is 3.32. The molecule has 102 valence electrons. The second kappa shape index (κ2) is 6.63. The lowest BCUT2D eigenvalue weighted by Gasteiger charge is -2.31. The highest BCUT2D eigenvalue weighted by Gasteiger charge is 2.29. The number of aryl methyl sites for hydroxylation is 1. The normalized spacial score (nSPS) is 19.1. The molecule has 18 heavy (non-hydrogen) atoms. The van der Waals surface area contributed by atoms with Crippen molar-refractivity contribution in [2.75, 3.05) is 19.8 Å². The van der Waals surface area contributed by atoms with Gasteiger partial charge in [-0.05, 0) is 47.7 Å². The maximum Gasteiger partial charge on any atom is 0.153 e. The molecule has 0 bridgehead atoms. The Morgan fingerprint density at radius 1 is 1.50 bits per heavy atom. The largest absolute Gasteiger partial charge is 0.381 e. The Hall–Kier alpha value is -0.460. The van der Waals surface area contributed by atoms with Crippen LogP contribution < -0.4 is 5.32 Å². The lowest BCUT2D eigenvalue weighted by Crippen LogP contribution is -2.34. The molecule has 1 N–H and O–H groups in total. The van der Waals surface area contributed by atoms with Gasteiger partial charge in [-0.25, -0.2) is 4.68 Å². The van der Waals surface area contributed by atoms with Gasteiger partial charge in [-0.15, -0.1) is 5.10 Å². The van der Waals surface area contributed by atoms with Crippen LogP contribution in [0.2, 0.25) is 0 Å². The van der Waals surface area contributed by atoms with Crippen molar-refractivity contribution in [3.05, 3.63) is 10.3 Å². The van der Waals surface area contributed by atoms with Gasteiger partial charge in [0.15, 0.2) is 4.60 Å². The van der Waals surface area contributed by atoms with Gasteiger partial charge >= 0.3 is 0 Å². The molecule has 5 nitrogen and oxygen atoms in total. The average Bonchev–Trinajstić information content (AvgIpc) is 2.72. The number of halogens is 1. The fourth-order valence-electron chi connectivity index (χ4n) is 2.50. The van der Waals surface area contributed by atoms with Gasteiger partial charge in [0.2, 0.25) is 0 Å². The van der Waals surface area contributed by atoms with Gasteiger partial charge in [0.1, 0.15) is 0 Å². The number of hydrogen-bond acceptors (Lipinski definition) is 4. The monoisotopic (exact) mass is 316 g/mol. The molecule has 6 heteroatoms. The molecule has 1 aliphatic heterocycles. The Balaban J connectivity index is 2.18. The van der Waals surface area contributed by atoms with E-state index >= 15 is 0 Å². The van der Waals surface area contributed by atoms with Crippen LogP contribution in [0.25, 0.3) is 0 Å². The molecule has 1 fully saturated rings. The van der Waals surface area contributed by atoms with Gasteiger partial charge in [-0.1, -0.05) is 12.1 Å². The zero-order valence-corrected chi connectivity index (χ0v) is 12.6. The summed E-state index contributed by atoms with van der Waals surface area (Å²) in [5.74, 6) is 0.596. The van der Waals surface area contributed by atoms with Crippen LogP contribution in [-0.4, -0.2) is 34.8 Å². The average molecular weight is 317 g/mol. The van der Waals surface area contributed by atoms with Crippen molar-refractivity contribution < 1.29 is 4.74 Å². The summed E-state index contributed by atoms with van der Waals surface area (Å²) >= 11 is 3.51. The Morgan fingerprint density at radius 2 is 2.22 bits per heavy atom. The highest BCUT2D eigenvalue weighted by molar-refractivity contribution is 9.10. The molecule has 1 saturated heterocycles. The molecule has 0 aromatic carbocycles. The first-order valence-corrected chi connectivity index (χ1v) is 7.39. The van der Waals surface area contributed by atoms with Gasteiger partial charge < -0.3 is 10.1 Å². The van der Waals surface area contributed by atoms with E-state index in [4.69, 9.17) is 4.74 Å². The lowest BCUT2D eigenvalue weighted by atomic mass is 9.89. The van der Waals surface area contributed by atoms with Crippen LogP contribution >= 0.6 is 15.9 Å². The van der Waals surface area contributed by atoms with E-state index in [1.807, 2.05) is 11.7 Å². The molecule has 0 aliphatic carbocycles. The van der Waals surface area contributed by atoms with Crippen LogP contribution in [0.4, 0.5) is 0 Å². The smallest absolute Gasteiger partial charge is 0.153 e. The fourth-order valence-corrected chi connectivity index (χ4v) is 3.08. The summed E-state index contributed by atoms with van der Waals surface area (Å²) in [6.45, 7) is 4.92. The van der Waals surface area contributed by atoms with E-state index < -0.39 is 0 Å². The summed E-state index contributed by atoms with van der Waals surface area (Å²) < 4.78 is 8.17. The number of nitrogens with one attached hydrogen (secondary N) is 1. The maximum atomic E-state index is 5.45. The van der Waals surface area contributed by atoms with Crippen molar-refractivity contribution in [2.24, 2.45) is 13.0 Å². The van der Waals surface area contributed by atoms with Gasteiger partial charge in [-0.2, -0.15) is 0 Å². The lowest BCUT2D eigenvalue weighted by molar-refractivity contribution is 0.0525. The predicted octanol–water partition coefficient (Wildman–Crippen LogP) is 2.04. The predicted molar refractivity (Wildman–Crippen MR) is 73.3 cm³/mol. The molecule has 0 amide bonds. The summed E-state index contributed by atoms with van der Waals surface area (Å²) in [5, 5.41) is 11.8. The third-order valence-electron chi connectivity index (χ3n) is 3.47. The van der Waals surface area contributed by atoms with Crippen LogP contribution in [-0.2, 0) is 11.8 Å². The minimum Gasteiger partial charge on any atom is -0.381 e. The Bertz CT molecular complexity index is 357. The van der Waals surface area contributed by atoms with E-state index in [1.54, 1.807) is 0 Å². The standard InChI is InChI=1S/C12H21BrN4O/c1-3-6-14-10(9-4-7-18-8-5-9)11-12(13)15-16-17(11)2/h9-10,14H,3-8H2,1-2H3. The fraction of sp³-hybridized carbons (Fsp3) is 0.833. The van der Waals surface area contributed by atoms with Crippen molar-refractivity contribution in [2.45, 2.75) is 32.2 Å². The Labute approximate surface area is 116 Å². The first-order chi connectivity index (χ1) is 8.74. The number of hydrogen-bond donors (Lipinski definition) is 1. The number of ether oxygens (including phenoxy) is 1. The van der Waals surface area contributed by atoms with E-state index in [1.165, 1.54) is 0 Å². The van der Waals surface area contributed by atoms with Gasteiger partial charge in [0.25, 0.3) is 0 Å². The second-order valence-electron chi connectivity index (χ2n) is 4.77. The molecular weight excluding hydrogens is 296 g/mol. The highest BCUT2D eigenvalue weighted by atomic mass is 79.9. The minimum atomic E-state index is 0.309. The minimum absolute atomic E-state index is 0.309. The molecule has 1 atom stereocenters. The van der Waals surface area contributed by atoms with Crippen LogP contribution in [0.15, 0.2) is 4.60 Å². The zero-order valence-electron chi connectivity index (χ0n) is 11.0. The van der Waals surface area contributed by atoms with E-state index in [2.05, 4.69) is 38.5 Å². The van der Waals surface area contributed by atoms with E-state index in [-0.39, 0.29) is 0 Å². The van der Waals surface area contributed by atoms with Crippen molar-refractivity contribution >= 4 is 15.9 Å². The molecule has 1 aliphatic rings. The van der Waals surface area contributed by atoms with Crippen molar-refractivity contribution in [3.8, 4) is 0 Å². The molecule has 2 rings (SSSR count). The summed E-state index contributed by atoms with van der Waals surface area (Å²) in [5.41, 5.74) is 1.15. The summed E-state index contributed by atoms with van der Waals surface area (Å²) in [4.78, 5) is 0. The zero-order chi connectivity index (χ0) is 13.0. The van der Waals surface area contributed by atoms with Crippen LogP contribution in [0.3, 0.4) is 0 Å². The summed E-state index contributed by atoms with van der Waals surface area (Å²) in [6, 6.07) is 0.309. The van der Waals surface area contributed by atoms with Gasteiger partial charge in [-0.3, -0.25) is 0 Å². The Morgan fingerprint density at radius 3 is 2.78 bits per heavy atom. The quantitative estimate of drug-likeness (QED) is 0.903. The van der Waals surface area contributed by atoms with Gasteiger partial charge in [0, 0.05) is 20.3 Å². The molecule has 2 heterocycles. The highest BCUT2D eigenvalue weighted by Crippen LogP contribution is 2.32. The van der Waals surface area contributed by atoms with Crippen molar-refractivity contribution in [3.63, 3.8) is 0 Å². The molecule has 0 saturated carbocycles. The second-order valence-corrected chi connectivity index (χ2v) is 5.52. The first-order valence-electron chi connectivity index (χ1n) is 6.60. The number of aromatic nitrogens is 3. The molecule has 1 aromatic rings. The SMILES string of the molecule is CCCNC(c1c(Br)nnn1C)C1CCOCC1. The molecule has 0 radical (unpaired) electrons. The van der Waals surface area contributed by atoms with Crippen LogP contribution in [0, 0.1) is 5.92 Å². The van der Waals surface area contributed by atoms with E-state index in [9.17, 15) is 0 Å². The van der Waals surface area contributed by atoms with Gasteiger partial charge in [0.05, 0.1) is 11.7 Å². The number of rotatable bonds is 5. The van der Waals surface area contributed by atoms with Crippen LogP contribution in [0.5, 0.6) is 0 Å². The molecular formula is C12H21BrN4O. The van der Waals surface area contributed by atoms with Crippen molar-refractivity contribution in [1.29, 1.82) is 0 Å². The van der Waals surface area contributed by atoms with Crippen molar-refractivity contribution in [1.82, 2.24) is 20.3 Å². The molecule has 1 unspecified atom stereocenters. The maximum absolute atomic E-state index is 5.45. The number of nitrogens with zero attached hydrogens (tertiary/aromatic N) is 3. The third kappa shape index (κ3) is 3.10. The topological polar surface area (TPSA) is 52.0 Å². The first kappa shape index (κ1) is 14.0.